The van der Waals surface area contributed by atoms with E-state index in [1.807, 2.05) is 6.07 Å². The predicted molar refractivity (Wildman–Crippen MR) is 103 cm³/mol. The number of anilines is 1. The standard InChI is InChI=1S/C17H18ClN5O2S/c1-10-16(26-9-20-10)17(24)22-11-3-4-14(25-6-5-19)12(7-11)15-13(18)8-21-23(15)2/h3-4,7-9H,5-6,19H2,1-2H3,(H,22,24). The lowest BCUT2D eigenvalue weighted by atomic mass is 10.1. The molecule has 3 aromatic rings. The Morgan fingerprint density at radius 3 is 2.88 bits per heavy atom. The number of carbonyl (C=O) groups excluding carboxylic acids is 1. The molecular formula is C17H18ClN5O2S. The molecule has 0 spiro atoms. The van der Waals surface area contributed by atoms with Gasteiger partial charge in [-0.3, -0.25) is 9.48 Å². The van der Waals surface area contributed by atoms with E-state index in [1.54, 1.807) is 42.5 Å². The molecule has 1 amide bonds. The summed E-state index contributed by atoms with van der Waals surface area (Å²) in [5.74, 6) is 0.413. The van der Waals surface area contributed by atoms with Crippen LogP contribution in [0.15, 0.2) is 29.9 Å². The van der Waals surface area contributed by atoms with Crippen molar-refractivity contribution in [3.8, 4) is 17.0 Å². The SMILES string of the molecule is Cc1ncsc1C(=O)Nc1ccc(OCCN)c(-c2c(Cl)cnn2C)c1. The molecule has 2 heterocycles. The third-order valence-electron chi connectivity index (χ3n) is 3.71. The summed E-state index contributed by atoms with van der Waals surface area (Å²) in [5.41, 5.74) is 9.93. The Hall–Kier alpha value is -2.42. The highest BCUT2D eigenvalue weighted by molar-refractivity contribution is 7.12. The fraction of sp³-hybridized carbons (Fsp3) is 0.235. The van der Waals surface area contributed by atoms with Gasteiger partial charge < -0.3 is 15.8 Å². The first kappa shape index (κ1) is 18.4. The molecule has 0 bridgehead atoms. The molecule has 0 atom stereocenters. The van der Waals surface area contributed by atoms with E-state index < -0.39 is 0 Å². The summed E-state index contributed by atoms with van der Waals surface area (Å²) >= 11 is 7.59. The fourth-order valence-corrected chi connectivity index (χ4v) is 3.47. The minimum atomic E-state index is -0.206. The highest BCUT2D eigenvalue weighted by atomic mass is 35.5. The number of rotatable bonds is 6. The van der Waals surface area contributed by atoms with Gasteiger partial charge in [0.05, 0.1) is 28.1 Å². The molecule has 3 N–H and O–H groups in total. The Kier molecular flexibility index (Phi) is 5.55. The third kappa shape index (κ3) is 3.72. The normalized spacial score (nSPS) is 10.8. The van der Waals surface area contributed by atoms with Crippen LogP contribution in [0.1, 0.15) is 15.4 Å². The molecule has 1 aromatic carbocycles. The number of halogens is 1. The number of hydrogen-bond acceptors (Lipinski definition) is 6. The highest BCUT2D eigenvalue weighted by Gasteiger charge is 2.17. The van der Waals surface area contributed by atoms with Crippen LogP contribution >= 0.6 is 22.9 Å². The van der Waals surface area contributed by atoms with Gasteiger partial charge in [-0.05, 0) is 25.1 Å². The average molecular weight is 392 g/mol. The molecule has 2 aromatic heterocycles. The minimum absolute atomic E-state index is 0.206. The molecule has 0 aliphatic heterocycles. The summed E-state index contributed by atoms with van der Waals surface area (Å²) in [6, 6.07) is 5.36. The van der Waals surface area contributed by atoms with Gasteiger partial charge in [0.15, 0.2) is 0 Å². The van der Waals surface area contributed by atoms with Crippen LogP contribution in [-0.2, 0) is 7.05 Å². The Labute approximate surface area is 159 Å². The van der Waals surface area contributed by atoms with Gasteiger partial charge >= 0.3 is 0 Å². The van der Waals surface area contributed by atoms with Crippen molar-refractivity contribution in [3.05, 3.63) is 45.5 Å². The smallest absolute Gasteiger partial charge is 0.267 e. The maximum Gasteiger partial charge on any atom is 0.267 e. The number of nitrogens with one attached hydrogen (secondary N) is 1. The van der Waals surface area contributed by atoms with Crippen LogP contribution < -0.4 is 15.8 Å². The van der Waals surface area contributed by atoms with Crippen molar-refractivity contribution in [2.45, 2.75) is 6.92 Å². The Morgan fingerprint density at radius 2 is 2.27 bits per heavy atom. The molecule has 26 heavy (non-hydrogen) atoms. The molecule has 0 aliphatic rings. The second-order valence-electron chi connectivity index (χ2n) is 5.53. The maximum atomic E-state index is 12.5. The van der Waals surface area contributed by atoms with E-state index in [0.29, 0.717) is 45.9 Å². The lowest BCUT2D eigenvalue weighted by Gasteiger charge is -2.14. The number of benzene rings is 1. The quantitative estimate of drug-likeness (QED) is 0.673. The Balaban J connectivity index is 1.97. The van der Waals surface area contributed by atoms with E-state index in [0.717, 1.165) is 5.56 Å². The van der Waals surface area contributed by atoms with Crippen LogP contribution in [0.4, 0.5) is 5.69 Å². The topological polar surface area (TPSA) is 95.1 Å². The van der Waals surface area contributed by atoms with Gasteiger partial charge in [0, 0.05) is 24.8 Å². The second-order valence-corrected chi connectivity index (χ2v) is 6.80. The van der Waals surface area contributed by atoms with E-state index in [-0.39, 0.29) is 5.91 Å². The van der Waals surface area contributed by atoms with Crippen LogP contribution in [0, 0.1) is 6.92 Å². The summed E-state index contributed by atoms with van der Waals surface area (Å²) in [6.07, 6.45) is 1.57. The van der Waals surface area contributed by atoms with Gasteiger partial charge in [0.1, 0.15) is 17.2 Å². The number of amides is 1. The number of nitrogens with two attached hydrogens (primary N) is 1. The van der Waals surface area contributed by atoms with Crippen molar-refractivity contribution in [3.63, 3.8) is 0 Å². The molecule has 0 radical (unpaired) electrons. The van der Waals surface area contributed by atoms with Crippen LogP contribution in [0.25, 0.3) is 11.3 Å². The van der Waals surface area contributed by atoms with Gasteiger partial charge in [-0.2, -0.15) is 5.10 Å². The number of ether oxygens (including phenoxy) is 1. The van der Waals surface area contributed by atoms with Crippen molar-refractivity contribution in [2.75, 3.05) is 18.5 Å². The third-order valence-corrected chi connectivity index (χ3v) is 4.92. The van der Waals surface area contributed by atoms with Gasteiger partial charge in [0.2, 0.25) is 0 Å². The van der Waals surface area contributed by atoms with Crippen molar-refractivity contribution in [2.24, 2.45) is 12.8 Å². The zero-order valence-corrected chi connectivity index (χ0v) is 15.9. The van der Waals surface area contributed by atoms with Crippen LogP contribution in [-0.4, -0.2) is 33.8 Å². The van der Waals surface area contributed by atoms with E-state index in [2.05, 4.69) is 15.4 Å². The van der Waals surface area contributed by atoms with Gasteiger partial charge in [-0.25, -0.2) is 4.98 Å². The monoisotopic (exact) mass is 391 g/mol. The fourth-order valence-electron chi connectivity index (χ4n) is 2.51. The van der Waals surface area contributed by atoms with E-state index in [1.165, 1.54) is 11.3 Å². The average Bonchev–Trinajstić information content (AvgIpc) is 3.19. The van der Waals surface area contributed by atoms with Crippen LogP contribution in [0.2, 0.25) is 5.02 Å². The van der Waals surface area contributed by atoms with Crippen molar-refractivity contribution in [1.82, 2.24) is 14.8 Å². The van der Waals surface area contributed by atoms with Crippen molar-refractivity contribution in [1.29, 1.82) is 0 Å². The number of aryl methyl sites for hydroxylation is 2. The van der Waals surface area contributed by atoms with Crippen molar-refractivity contribution < 1.29 is 9.53 Å². The largest absolute Gasteiger partial charge is 0.492 e. The zero-order valence-electron chi connectivity index (χ0n) is 14.3. The molecule has 0 unspecified atom stereocenters. The molecule has 0 aliphatic carbocycles. The van der Waals surface area contributed by atoms with Crippen LogP contribution in [0.3, 0.4) is 0 Å². The Morgan fingerprint density at radius 1 is 1.46 bits per heavy atom. The number of carbonyl (C=O) groups is 1. The summed E-state index contributed by atoms with van der Waals surface area (Å²) < 4.78 is 7.38. The number of nitrogens with zero attached hydrogens (tertiary/aromatic N) is 3. The van der Waals surface area contributed by atoms with Gasteiger partial charge in [-0.1, -0.05) is 11.6 Å². The van der Waals surface area contributed by atoms with E-state index in [4.69, 9.17) is 22.1 Å². The minimum Gasteiger partial charge on any atom is -0.492 e. The van der Waals surface area contributed by atoms with Crippen LogP contribution in [0.5, 0.6) is 5.75 Å². The molecule has 9 heteroatoms. The summed E-state index contributed by atoms with van der Waals surface area (Å²) in [4.78, 5) is 17.1. The first-order valence-electron chi connectivity index (χ1n) is 7.87. The Bertz CT molecular complexity index is 918. The predicted octanol–water partition coefficient (Wildman–Crippen LogP) is 3.10. The lowest BCUT2D eigenvalue weighted by Crippen LogP contribution is -2.13. The molecule has 0 fully saturated rings. The van der Waals surface area contributed by atoms with E-state index in [9.17, 15) is 4.79 Å². The highest BCUT2D eigenvalue weighted by Crippen LogP contribution is 2.36. The first-order valence-corrected chi connectivity index (χ1v) is 9.13. The summed E-state index contributed by atoms with van der Waals surface area (Å²) in [6.45, 7) is 2.56. The lowest BCUT2D eigenvalue weighted by molar-refractivity contribution is 0.103. The zero-order chi connectivity index (χ0) is 18.7. The molecule has 0 saturated heterocycles. The summed E-state index contributed by atoms with van der Waals surface area (Å²) in [5, 5.41) is 7.55. The van der Waals surface area contributed by atoms with Crippen molar-refractivity contribution >= 4 is 34.5 Å². The molecule has 7 nitrogen and oxygen atoms in total. The van der Waals surface area contributed by atoms with E-state index >= 15 is 0 Å². The summed E-state index contributed by atoms with van der Waals surface area (Å²) in [7, 11) is 1.79. The maximum absolute atomic E-state index is 12.5. The number of aromatic nitrogens is 3. The molecule has 136 valence electrons. The molecule has 0 saturated carbocycles. The molecule has 3 rings (SSSR count). The number of hydrogen-bond donors (Lipinski definition) is 2. The molecular weight excluding hydrogens is 374 g/mol. The first-order chi connectivity index (χ1) is 12.5. The van der Waals surface area contributed by atoms with Gasteiger partial charge in [-0.15, -0.1) is 11.3 Å². The van der Waals surface area contributed by atoms with Gasteiger partial charge in [0.25, 0.3) is 5.91 Å². The second kappa shape index (κ2) is 7.86. The number of thiazole rings is 1.